The van der Waals surface area contributed by atoms with Crippen molar-refractivity contribution >= 4 is 23.3 Å². The summed E-state index contributed by atoms with van der Waals surface area (Å²) in [5, 5.41) is 16.7. The second kappa shape index (κ2) is 7.83. The number of nitriles is 1. The van der Waals surface area contributed by atoms with E-state index in [4.69, 9.17) is 10.5 Å². The summed E-state index contributed by atoms with van der Waals surface area (Å²) < 4.78 is 6.55. The van der Waals surface area contributed by atoms with Crippen LogP contribution in [0.15, 0.2) is 30.5 Å². The molecule has 9 heteroatoms. The van der Waals surface area contributed by atoms with Crippen molar-refractivity contribution in [1.82, 2.24) is 19.7 Å². The summed E-state index contributed by atoms with van der Waals surface area (Å²) in [5.74, 6) is -0.114. The van der Waals surface area contributed by atoms with Gasteiger partial charge in [-0.25, -0.2) is 4.79 Å². The number of ether oxygens (including phenoxy) is 1. The van der Waals surface area contributed by atoms with Crippen LogP contribution in [0.3, 0.4) is 0 Å². The lowest BCUT2D eigenvalue weighted by molar-refractivity contribution is 0.00708. The van der Waals surface area contributed by atoms with Gasteiger partial charge in [0, 0.05) is 11.8 Å². The molecule has 0 bridgehead atoms. The van der Waals surface area contributed by atoms with Crippen LogP contribution in [0, 0.1) is 25.2 Å². The number of esters is 1. The number of carbonyl (C=O) groups excluding carboxylic acids is 1. The number of nitrogens with zero attached hydrogens (tertiary/aromatic N) is 5. The Balaban J connectivity index is 1.98. The molecule has 0 atom stereocenters. The highest BCUT2D eigenvalue weighted by molar-refractivity contribution is 5.94. The van der Waals surface area contributed by atoms with Gasteiger partial charge >= 0.3 is 5.97 Å². The first kappa shape index (κ1) is 20.8. The molecule has 3 rings (SSSR count). The van der Waals surface area contributed by atoms with Crippen LogP contribution < -0.4 is 11.1 Å². The van der Waals surface area contributed by atoms with Crippen LogP contribution in [0.5, 0.6) is 0 Å². The van der Waals surface area contributed by atoms with Crippen molar-refractivity contribution in [2.75, 3.05) is 11.1 Å². The van der Waals surface area contributed by atoms with Gasteiger partial charge < -0.3 is 15.8 Å². The Labute approximate surface area is 174 Å². The van der Waals surface area contributed by atoms with Crippen LogP contribution in [0.2, 0.25) is 0 Å². The summed E-state index contributed by atoms with van der Waals surface area (Å²) in [6, 6.07) is 9.50. The molecular formula is C21H23N7O2. The smallest absolute Gasteiger partial charge is 0.344 e. The lowest BCUT2D eigenvalue weighted by Gasteiger charge is -2.19. The van der Waals surface area contributed by atoms with E-state index < -0.39 is 11.6 Å². The number of rotatable bonds is 4. The molecule has 0 saturated carbocycles. The molecule has 154 valence electrons. The Morgan fingerprint density at radius 1 is 1.17 bits per heavy atom. The van der Waals surface area contributed by atoms with Crippen LogP contribution in [0.25, 0.3) is 5.95 Å². The summed E-state index contributed by atoms with van der Waals surface area (Å²) in [6.45, 7) is 9.27. The molecule has 3 aromatic rings. The highest BCUT2D eigenvalue weighted by Gasteiger charge is 2.24. The van der Waals surface area contributed by atoms with Crippen molar-refractivity contribution in [2.24, 2.45) is 0 Å². The fourth-order valence-corrected chi connectivity index (χ4v) is 2.85. The maximum Gasteiger partial charge on any atom is 0.344 e. The number of benzene rings is 1. The maximum atomic E-state index is 12.4. The highest BCUT2D eigenvalue weighted by Crippen LogP contribution is 2.22. The second-order valence-corrected chi connectivity index (χ2v) is 7.91. The summed E-state index contributed by atoms with van der Waals surface area (Å²) in [6.07, 6.45) is 1.29. The fourth-order valence-electron chi connectivity index (χ4n) is 2.85. The zero-order valence-electron chi connectivity index (χ0n) is 17.5. The number of anilines is 3. The normalized spacial score (nSPS) is 11.1. The zero-order chi connectivity index (χ0) is 22.1. The molecule has 0 aliphatic heterocycles. The lowest BCUT2D eigenvalue weighted by atomic mass is 10.1. The third kappa shape index (κ3) is 4.72. The van der Waals surface area contributed by atoms with E-state index in [1.807, 2.05) is 32.0 Å². The average molecular weight is 405 g/mol. The van der Waals surface area contributed by atoms with Crippen LogP contribution in [-0.4, -0.2) is 31.3 Å². The number of carbonyl (C=O) groups is 1. The molecule has 0 unspecified atom stereocenters. The molecule has 0 spiro atoms. The van der Waals surface area contributed by atoms with Gasteiger partial charge in [-0.1, -0.05) is 6.07 Å². The van der Waals surface area contributed by atoms with Crippen LogP contribution in [-0.2, 0) is 4.74 Å². The number of hydrogen-bond donors (Lipinski definition) is 2. The number of nitrogens with one attached hydrogen (secondary N) is 1. The van der Waals surface area contributed by atoms with Gasteiger partial charge in [0.15, 0.2) is 0 Å². The van der Waals surface area contributed by atoms with Crippen molar-refractivity contribution in [3.63, 3.8) is 0 Å². The van der Waals surface area contributed by atoms with Crippen molar-refractivity contribution in [3.8, 4) is 12.0 Å². The van der Waals surface area contributed by atoms with Crippen LogP contribution in [0.1, 0.15) is 48.0 Å². The third-order valence-electron chi connectivity index (χ3n) is 3.94. The number of hydrogen-bond acceptors (Lipinski definition) is 8. The van der Waals surface area contributed by atoms with Gasteiger partial charge in [0.05, 0.1) is 6.20 Å². The molecule has 0 aliphatic carbocycles. The molecular weight excluding hydrogens is 382 g/mol. The van der Waals surface area contributed by atoms with Crippen LogP contribution in [0.4, 0.5) is 17.3 Å². The standard InChI is InChI=1S/C21H23N7O2/c1-12-6-13(2)8-14(7-12)25-17-9-15(10-22)26-20(27-17)28-18(23)16(11-24-28)19(29)30-21(3,4)5/h6-9,11H,23H2,1-5H3,(H,25,26,27). The predicted molar refractivity (Wildman–Crippen MR) is 113 cm³/mol. The number of aryl methyl sites for hydroxylation is 2. The molecule has 3 N–H and O–H groups in total. The Hall–Kier alpha value is -3.93. The average Bonchev–Trinajstić information content (AvgIpc) is 3.00. The topological polar surface area (TPSA) is 132 Å². The largest absolute Gasteiger partial charge is 0.456 e. The molecule has 30 heavy (non-hydrogen) atoms. The minimum atomic E-state index is -0.675. The first-order chi connectivity index (χ1) is 14.1. The first-order valence-corrected chi connectivity index (χ1v) is 9.27. The van der Waals surface area contributed by atoms with Crippen molar-refractivity contribution in [3.05, 3.63) is 52.8 Å². The molecule has 0 saturated heterocycles. The van der Waals surface area contributed by atoms with Gasteiger partial charge in [-0.15, -0.1) is 0 Å². The Morgan fingerprint density at radius 2 is 1.83 bits per heavy atom. The quantitative estimate of drug-likeness (QED) is 0.631. The molecule has 9 nitrogen and oxygen atoms in total. The number of nitrogen functional groups attached to an aromatic ring is 1. The number of nitrogens with two attached hydrogens (primary N) is 1. The van der Waals surface area contributed by atoms with Gasteiger partial charge in [-0.3, -0.25) is 0 Å². The lowest BCUT2D eigenvalue weighted by Crippen LogP contribution is -2.24. The second-order valence-electron chi connectivity index (χ2n) is 7.91. The molecule has 1 aromatic carbocycles. The molecule has 2 heterocycles. The SMILES string of the molecule is Cc1cc(C)cc(Nc2cc(C#N)nc(-n3ncc(C(=O)OC(C)(C)C)c3N)n2)c1. The Kier molecular flexibility index (Phi) is 5.43. The molecule has 0 amide bonds. The third-order valence-corrected chi connectivity index (χ3v) is 3.94. The predicted octanol–water partition coefficient (Wildman–Crippen LogP) is 3.43. The van der Waals surface area contributed by atoms with E-state index in [1.165, 1.54) is 16.9 Å². The molecule has 0 aliphatic rings. The first-order valence-electron chi connectivity index (χ1n) is 9.27. The molecule has 0 radical (unpaired) electrons. The van der Waals surface area contributed by atoms with E-state index in [0.29, 0.717) is 5.82 Å². The van der Waals surface area contributed by atoms with E-state index in [9.17, 15) is 10.1 Å². The van der Waals surface area contributed by atoms with Gasteiger partial charge in [-0.2, -0.15) is 25.0 Å². The summed E-state index contributed by atoms with van der Waals surface area (Å²) in [7, 11) is 0. The van der Waals surface area contributed by atoms with Crippen LogP contribution >= 0.6 is 0 Å². The van der Waals surface area contributed by atoms with Crippen molar-refractivity contribution in [1.29, 1.82) is 5.26 Å². The van der Waals surface area contributed by atoms with E-state index in [2.05, 4.69) is 26.4 Å². The van der Waals surface area contributed by atoms with Crippen molar-refractivity contribution < 1.29 is 9.53 Å². The molecule has 0 fully saturated rings. The summed E-state index contributed by atoms with van der Waals surface area (Å²) in [4.78, 5) is 20.9. The fraction of sp³-hybridized carbons (Fsp3) is 0.286. The van der Waals surface area contributed by atoms with E-state index in [1.54, 1.807) is 20.8 Å². The Morgan fingerprint density at radius 3 is 2.43 bits per heavy atom. The minimum Gasteiger partial charge on any atom is -0.456 e. The highest BCUT2D eigenvalue weighted by atomic mass is 16.6. The number of aromatic nitrogens is 4. The van der Waals surface area contributed by atoms with Gasteiger partial charge in [0.2, 0.25) is 0 Å². The Bertz CT molecular complexity index is 1130. The van der Waals surface area contributed by atoms with Gasteiger partial charge in [0.1, 0.15) is 34.6 Å². The zero-order valence-corrected chi connectivity index (χ0v) is 17.5. The van der Waals surface area contributed by atoms with E-state index in [0.717, 1.165) is 16.8 Å². The maximum absolute atomic E-state index is 12.4. The van der Waals surface area contributed by atoms with Crippen molar-refractivity contribution in [2.45, 2.75) is 40.2 Å². The summed E-state index contributed by atoms with van der Waals surface area (Å²) >= 11 is 0. The van der Waals surface area contributed by atoms with E-state index in [-0.39, 0.29) is 23.0 Å². The monoisotopic (exact) mass is 405 g/mol. The minimum absolute atomic E-state index is 0.0247. The van der Waals surface area contributed by atoms with E-state index >= 15 is 0 Å². The van der Waals surface area contributed by atoms with Gasteiger partial charge in [-0.05, 0) is 57.9 Å². The van der Waals surface area contributed by atoms with Gasteiger partial charge in [0.25, 0.3) is 5.95 Å². The summed E-state index contributed by atoms with van der Waals surface area (Å²) in [5.41, 5.74) is 8.65. The molecule has 2 aromatic heterocycles.